The van der Waals surface area contributed by atoms with Crippen LogP contribution in [0.3, 0.4) is 0 Å². The van der Waals surface area contributed by atoms with Crippen molar-refractivity contribution >= 4 is 11.5 Å². The highest BCUT2D eigenvalue weighted by molar-refractivity contribution is 5.85. The van der Waals surface area contributed by atoms with Crippen LogP contribution >= 0.6 is 0 Å². The molecule has 0 amide bonds. The van der Waals surface area contributed by atoms with Crippen LogP contribution in [0.4, 0.5) is 4.39 Å². The van der Waals surface area contributed by atoms with Gasteiger partial charge in [-0.2, -0.15) is 0 Å². The SMILES string of the molecule is COC(=O)[C@H]1CC[C@]12CCc1ccc(OCc3ccc(-c4cc(OC)ccc4F)c(C4=CCCC4(C)C)c3)cc12. The molecular weight excluding hydrogens is 503 g/mol. The lowest BCUT2D eigenvalue weighted by Crippen LogP contribution is -2.47. The van der Waals surface area contributed by atoms with E-state index in [2.05, 4.69) is 38.1 Å². The number of benzene rings is 3. The third-order valence-corrected chi connectivity index (χ3v) is 9.58. The molecule has 0 saturated heterocycles. The normalized spacial score (nSPS) is 22.4. The van der Waals surface area contributed by atoms with E-state index in [1.54, 1.807) is 19.2 Å². The van der Waals surface area contributed by atoms with Crippen molar-refractivity contribution in [2.24, 2.45) is 11.3 Å². The van der Waals surface area contributed by atoms with Crippen LogP contribution in [0.5, 0.6) is 11.5 Å². The van der Waals surface area contributed by atoms with E-state index in [0.717, 1.165) is 61.0 Å². The molecule has 1 spiro atoms. The number of hydrogen-bond acceptors (Lipinski definition) is 4. The Kier molecular flexibility index (Phi) is 6.72. The smallest absolute Gasteiger partial charge is 0.309 e. The van der Waals surface area contributed by atoms with Crippen molar-refractivity contribution in [2.45, 2.75) is 64.4 Å². The minimum Gasteiger partial charge on any atom is -0.497 e. The summed E-state index contributed by atoms with van der Waals surface area (Å²) in [5.41, 5.74) is 7.14. The van der Waals surface area contributed by atoms with Crippen molar-refractivity contribution in [1.82, 2.24) is 0 Å². The standard InChI is InChI=1S/C35H37FO4/c1-34(2)15-5-6-29(34)27-18-22(7-11-26(27)28-19-24(38-3)10-12-32(28)36)21-40-25-9-8-23-13-16-35(31(23)20-25)17-14-30(35)33(37)39-4/h6-12,18-20,30H,5,13-17,21H2,1-4H3/t30-,35-/m1/s1. The summed E-state index contributed by atoms with van der Waals surface area (Å²) in [6.07, 6.45) is 8.23. The Bertz CT molecular complexity index is 1500. The van der Waals surface area contributed by atoms with E-state index in [1.807, 2.05) is 18.2 Å². The Hall–Kier alpha value is -3.60. The minimum atomic E-state index is -0.268. The fourth-order valence-corrected chi connectivity index (χ4v) is 7.17. The van der Waals surface area contributed by atoms with E-state index in [9.17, 15) is 4.79 Å². The highest BCUT2D eigenvalue weighted by Crippen LogP contribution is 2.57. The zero-order valence-electron chi connectivity index (χ0n) is 23.8. The molecule has 0 heterocycles. The summed E-state index contributed by atoms with van der Waals surface area (Å²) < 4.78 is 32.0. The molecule has 3 aliphatic rings. The number of carbonyl (C=O) groups excluding carboxylic acids is 1. The van der Waals surface area contributed by atoms with Crippen molar-refractivity contribution in [3.8, 4) is 22.6 Å². The Morgan fingerprint density at radius 3 is 2.45 bits per heavy atom. The van der Waals surface area contributed by atoms with Gasteiger partial charge in [-0.3, -0.25) is 4.79 Å². The molecule has 3 aliphatic carbocycles. The lowest BCUT2D eigenvalue weighted by molar-refractivity contribution is -0.153. The summed E-state index contributed by atoms with van der Waals surface area (Å²) in [6.45, 7) is 4.90. The summed E-state index contributed by atoms with van der Waals surface area (Å²) in [6, 6.07) is 17.4. The maximum Gasteiger partial charge on any atom is 0.309 e. The topological polar surface area (TPSA) is 44.8 Å². The number of esters is 1. The molecule has 6 rings (SSSR count). The van der Waals surface area contributed by atoms with E-state index in [-0.39, 0.29) is 28.5 Å². The Balaban J connectivity index is 1.31. The first kappa shape index (κ1) is 26.6. The first-order valence-electron chi connectivity index (χ1n) is 14.3. The van der Waals surface area contributed by atoms with Gasteiger partial charge >= 0.3 is 5.97 Å². The second-order valence-corrected chi connectivity index (χ2v) is 12.1. The van der Waals surface area contributed by atoms with Gasteiger partial charge in [-0.15, -0.1) is 0 Å². The van der Waals surface area contributed by atoms with Crippen LogP contribution in [0.25, 0.3) is 16.7 Å². The predicted molar refractivity (Wildman–Crippen MR) is 155 cm³/mol. The number of fused-ring (bicyclic) bond motifs is 2. The van der Waals surface area contributed by atoms with Crippen molar-refractivity contribution in [3.63, 3.8) is 0 Å². The van der Waals surface area contributed by atoms with Gasteiger partial charge in [0.25, 0.3) is 0 Å². The number of halogens is 1. The number of carbonyl (C=O) groups is 1. The number of aryl methyl sites for hydroxylation is 1. The Morgan fingerprint density at radius 2 is 1.75 bits per heavy atom. The molecule has 2 atom stereocenters. The molecule has 3 aromatic rings. The number of ether oxygens (including phenoxy) is 3. The largest absolute Gasteiger partial charge is 0.497 e. The third kappa shape index (κ3) is 4.40. The number of rotatable bonds is 7. The van der Waals surface area contributed by atoms with Crippen molar-refractivity contribution in [1.29, 1.82) is 0 Å². The van der Waals surface area contributed by atoms with Crippen LogP contribution in [0.2, 0.25) is 0 Å². The van der Waals surface area contributed by atoms with Crippen molar-refractivity contribution in [2.75, 3.05) is 14.2 Å². The van der Waals surface area contributed by atoms with Gasteiger partial charge in [0.05, 0.1) is 20.1 Å². The van der Waals surface area contributed by atoms with Gasteiger partial charge < -0.3 is 14.2 Å². The summed E-state index contributed by atoms with van der Waals surface area (Å²) >= 11 is 0. The van der Waals surface area contributed by atoms with Gasteiger partial charge in [0, 0.05) is 11.0 Å². The van der Waals surface area contributed by atoms with E-state index < -0.39 is 0 Å². The molecule has 5 heteroatoms. The zero-order chi connectivity index (χ0) is 28.1. The van der Waals surface area contributed by atoms with Gasteiger partial charge in [-0.1, -0.05) is 38.1 Å². The average Bonchev–Trinajstić information content (AvgIpc) is 3.51. The summed E-state index contributed by atoms with van der Waals surface area (Å²) in [5, 5.41) is 0. The lowest BCUT2D eigenvalue weighted by Gasteiger charge is -2.46. The van der Waals surface area contributed by atoms with Crippen LogP contribution in [0, 0.1) is 17.2 Å². The van der Waals surface area contributed by atoms with E-state index in [1.165, 1.54) is 29.9 Å². The van der Waals surface area contributed by atoms with Gasteiger partial charge in [-0.25, -0.2) is 4.39 Å². The molecule has 1 fully saturated rings. The minimum absolute atomic E-state index is 0.00315. The molecule has 0 radical (unpaired) electrons. The molecule has 0 N–H and O–H groups in total. The highest BCUT2D eigenvalue weighted by atomic mass is 19.1. The molecule has 0 bridgehead atoms. The number of allylic oxidation sites excluding steroid dienone is 2. The van der Waals surface area contributed by atoms with Gasteiger partial charge in [0.2, 0.25) is 0 Å². The van der Waals surface area contributed by atoms with E-state index in [0.29, 0.717) is 17.9 Å². The average molecular weight is 541 g/mol. The van der Waals surface area contributed by atoms with Crippen LogP contribution in [0.1, 0.15) is 68.2 Å². The zero-order valence-corrected chi connectivity index (χ0v) is 23.8. The van der Waals surface area contributed by atoms with Gasteiger partial charge in [0.1, 0.15) is 23.9 Å². The second-order valence-electron chi connectivity index (χ2n) is 12.1. The highest BCUT2D eigenvalue weighted by Gasteiger charge is 2.55. The summed E-state index contributed by atoms with van der Waals surface area (Å²) in [4.78, 5) is 12.4. The van der Waals surface area contributed by atoms with Crippen LogP contribution in [-0.4, -0.2) is 20.2 Å². The van der Waals surface area contributed by atoms with Gasteiger partial charge in [0.15, 0.2) is 0 Å². The number of methoxy groups -OCH3 is 2. The summed E-state index contributed by atoms with van der Waals surface area (Å²) in [7, 11) is 3.08. The van der Waals surface area contributed by atoms with Gasteiger partial charge in [-0.05, 0) is 114 Å². The summed E-state index contributed by atoms with van der Waals surface area (Å²) in [5.74, 6) is 1.000. The maximum atomic E-state index is 15.1. The van der Waals surface area contributed by atoms with E-state index >= 15 is 4.39 Å². The molecule has 0 unspecified atom stereocenters. The molecule has 0 aromatic heterocycles. The fraction of sp³-hybridized carbons (Fsp3) is 0.400. The molecule has 0 aliphatic heterocycles. The maximum absolute atomic E-state index is 15.1. The molecule has 3 aromatic carbocycles. The third-order valence-electron chi connectivity index (χ3n) is 9.58. The lowest BCUT2D eigenvalue weighted by atomic mass is 9.57. The van der Waals surface area contributed by atoms with E-state index in [4.69, 9.17) is 14.2 Å². The predicted octanol–water partition coefficient (Wildman–Crippen LogP) is 8.05. The first-order chi connectivity index (χ1) is 19.3. The number of hydrogen-bond donors (Lipinski definition) is 0. The van der Waals surface area contributed by atoms with Crippen LogP contribution < -0.4 is 9.47 Å². The molecule has 40 heavy (non-hydrogen) atoms. The van der Waals surface area contributed by atoms with Crippen LogP contribution in [0.15, 0.2) is 60.7 Å². The molecule has 1 saturated carbocycles. The Morgan fingerprint density at radius 1 is 0.925 bits per heavy atom. The Labute approximate surface area is 236 Å². The monoisotopic (exact) mass is 540 g/mol. The second kappa shape index (κ2) is 10.1. The first-order valence-corrected chi connectivity index (χ1v) is 14.3. The van der Waals surface area contributed by atoms with Crippen molar-refractivity contribution < 1.29 is 23.4 Å². The quantitative estimate of drug-likeness (QED) is 0.285. The molecule has 4 nitrogen and oxygen atoms in total. The van der Waals surface area contributed by atoms with Crippen LogP contribution in [-0.2, 0) is 28.0 Å². The van der Waals surface area contributed by atoms with Crippen molar-refractivity contribution in [3.05, 3.63) is 88.7 Å². The molecular formula is C35H37FO4. The molecule has 208 valence electrons. The fourth-order valence-electron chi connectivity index (χ4n) is 7.17.